The summed E-state index contributed by atoms with van der Waals surface area (Å²) in [5.41, 5.74) is 6.68. The number of carbonyl (C=O) groups excluding carboxylic acids is 1. The van der Waals surface area contributed by atoms with E-state index in [0.717, 1.165) is 16.7 Å². The van der Waals surface area contributed by atoms with Crippen molar-refractivity contribution in [2.75, 3.05) is 6.54 Å². The Morgan fingerprint density at radius 2 is 1.58 bits per heavy atom. The van der Waals surface area contributed by atoms with Crippen molar-refractivity contribution < 1.29 is 54.2 Å². The van der Waals surface area contributed by atoms with E-state index in [4.69, 9.17) is 15.6 Å². The molecule has 2 aliphatic rings. The quantitative estimate of drug-likeness (QED) is 0.430. The molecule has 8 nitrogen and oxygen atoms in total. The second-order valence-corrected chi connectivity index (χ2v) is 8.36. The van der Waals surface area contributed by atoms with Crippen LogP contribution in [0, 0.1) is 17.5 Å². The minimum atomic E-state index is -5.08. The van der Waals surface area contributed by atoms with Crippen molar-refractivity contribution >= 4 is 11.9 Å². The van der Waals surface area contributed by atoms with E-state index in [0.29, 0.717) is 5.57 Å². The Balaban J connectivity index is 0.000000505. The van der Waals surface area contributed by atoms with Crippen LogP contribution >= 0.6 is 0 Å². The number of alkyl halides is 6. The largest absolute Gasteiger partial charge is 0.490 e. The second kappa shape index (κ2) is 10.6. The topological polar surface area (TPSA) is 114 Å². The number of benzene rings is 1. The van der Waals surface area contributed by atoms with Crippen molar-refractivity contribution in [1.29, 1.82) is 0 Å². The number of nitrogens with two attached hydrogens (primary N) is 1. The zero-order valence-corrected chi connectivity index (χ0v) is 19.0. The van der Waals surface area contributed by atoms with Gasteiger partial charge >= 0.3 is 18.3 Å². The SMILES string of the molecule is N[C@H]1CC(C(=O)N2CCn3c(nnc3C(F)(F)F)C2)=CC[C@@H]1c1cc(F)c(F)c(F)c1.O=C(O)C(F)(F)F. The van der Waals surface area contributed by atoms with Crippen molar-refractivity contribution in [1.82, 2.24) is 19.7 Å². The molecular weight excluding hydrogens is 541 g/mol. The second-order valence-electron chi connectivity index (χ2n) is 8.36. The lowest BCUT2D eigenvalue weighted by Gasteiger charge is -2.33. The smallest absolute Gasteiger partial charge is 0.475 e. The summed E-state index contributed by atoms with van der Waals surface area (Å²) in [5, 5.41) is 13.8. The molecule has 4 rings (SSSR count). The number of halogens is 9. The van der Waals surface area contributed by atoms with Crippen LogP contribution in [0.2, 0.25) is 0 Å². The molecule has 0 spiro atoms. The van der Waals surface area contributed by atoms with Gasteiger partial charge in [-0.3, -0.25) is 4.79 Å². The number of nitrogens with zero attached hydrogens (tertiary/aromatic N) is 4. The number of carboxylic acid groups (broad SMARTS) is 1. The molecule has 38 heavy (non-hydrogen) atoms. The van der Waals surface area contributed by atoms with Crippen LogP contribution in [0.25, 0.3) is 0 Å². The Labute approximate surface area is 207 Å². The van der Waals surface area contributed by atoms with Crippen LogP contribution in [0.4, 0.5) is 39.5 Å². The summed E-state index contributed by atoms with van der Waals surface area (Å²) in [6, 6.07) is 1.12. The van der Waals surface area contributed by atoms with Gasteiger partial charge in [0, 0.05) is 30.6 Å². The highest BCUT2D eigenvalue weighted by Crippen LogP contribution is 2.34. The number of fused-ring (bicyclic) bond motifs is 1. The van der Waals surface area contributed by atoms with E-state index in [1.54, 1.807) is 6.08 Å². The molecular formula is C21H18F9N5O3. The van der Waals surface area contributed by atoms with Crippen LogP contribution < -0.4 is 5.73 Å². The fraction of sp³-hybridized carbons (Fsp3) is 0.429. The van der Waals surface area contributed by atoms with Gasteiger partial charge in [0.25, 0.3) is 0 Å². The van der Waals surface area contributed by atoms with Crippen molar-refractivity contribution in [2.45, 2.75) is 50.2 Å². The van der Waals surface area contributed by atoms with Crippen molar-refractivity contribution in [3.05, 3.63) is 58.4 Å². The van der Waals surface area contributed by atoms with Crippen molar-refractivity contribution in [3.63, 3.8) is 0 Å². The van der Waals surface area contributed by atoms with Gasteiger partial charge in [0.2, 0.25) is 11.7 Å². The number of carboxylic acids is 1. The third-order valence-corrected chi connectivity index (χ3v) is 5.84. The molecule has 0 bridgehead atoms. The first-order valence-corrected chi connectivity index (χ1v) is 10.7. The first-order chi connectivity index (χ1) is 17.5. The molecule has 1 aliphatic heterocycles. The summed E-state index contributed by atoms with van der Waals surface area (Å²) < 4.78 is 112. The minimum Gasteiger partial charge on any atom is -0.475 e. The summed E-state index contributed by atoms with van der Waals surface area (Å²) in [6.07, 6.45) is -7.82. The Bertz CT molecular complexity index is 1230. The van der Waals surface area contributed by atoms with Gasteiger partial charge in [0.15, 0.2) is 23.3 Å². The lowest BCUT2D eigenvalue weighted by Crippen LogP contribution is -2.42. The van der Waals surface area contributed by atoms with Gasteiger partial charge in [-0.05, 0) is 30.5 Å². The van der Waals surface area contributed by atoms with Crippen LogP contribution in [0.15, 0.2) is 23.8 Å². The lowest BCUT2D eigenvalue weighted by molar-refractivity contribution is -0.192. The summed E-state index contributed by atoms with van der Waals surface area (Å²) >= 11 is 0. The number of hydrogen-bond donors (Lipinski definition) is 2. The third-order valence-electron chi connectivity index (χ3n) is 5.84. The number of hydrogen-bond acceptors (Lipinski definition) is 5. The number of allylic oxidation sites excluding steroid dienone is 1. The molecule has 3 N–H and O–H groups in total. The molecule has 1 aromatic carbocycles. The molecule has 0 unspecified atom stereocenters. The van der Waals surface area contributed by atoms with Crippen molar-refractivity contribution in [2.24, 2.45) is 5.73 Å². The van der Waals surface area contributed by atoms with Crippen molar-refractivity contribution in [3.8, 4) is 0 Å². The Morgan fingerprint density at radius 1 is 1.00 bits per heavy atom. The maximum absolute atomic E-state index is 13.6. The van der Waals surface area contributed by atoms with Crippen LogP contribution in [0.3, 0.4) is 0 Å². The zero-order chi connectivity index (χ0) is 28.6. The molecule has 17 heteroatoms. The molecule has 1 amide bonds. The van der Waals surface area contributed by atoms with E-state index < -0.39 is 59.5 Å². The molecule has 0 fully saturated rings. The van der Waals surface area contributed by atoms with Gasteiger partial charge in [-0.2, -0.15) is 26.3 Å². The Kier molecular flexibility index (Phi) is 8.09. The molecule has 2 heterocycles. The molecule has 0 radical (unpaired) electrons. The predicted octanol–water partition coefficient (Wildman–Crippen LogP) is 3.52. The number of aliphatic carboxylic acids is 1. The summed E-state index contributed by atoms with van der Waals surface area (Å²) in [7, 11) is 0. The number of rotatable bonds is 2. The molecule has 0 saturated heterocycles. The monoisotopic (exact) mass is 559 g/mol. The Hall–Kier alpha value is -3.63. The first-order valence-electron chi connectivity index (χ1n) is 10.7. The normalized spacial score (nSPS) is 19.7. The van der Waals surface area contributed by atoms with Gasteiger partial charge in [0.05, 0.1) is 6.54 Å². The number of aromatic nitrogens is 3. The summed E-state index contributed by atoms with van der Waals surface area (Å²) in [4.78, 5) is 23.1. The number of amides is 1. The molecule has 208 valence electrons. The van der Waals surface area contributed by atoms with E-state index in [9.17, 15) is 44.3 Å². The van der Waals surface area contributed by atoms with Crippen LogP contribution in [-0.2, 0) is 28.9 Å². The molecule has 1 aromatic heterocycles. The average Bonchev–Trinajstić information content (AvgIpc) is 3.25. The van der Waals surface area contributed by atoms with Crippen LogP contribution in [-0.4, -0.2) is 55.4 Å². The zero-order valence-electron chi connectivity index (χ0n) is 19.0. The van der Waals surface area contributed by atoms with E-state index in [1.165, 1.54) is 4.90 Å². The van der Waals surface area contributed by atoms with Gasteiger partial charge in [-0.25, -0.2) is 18.0 Å². The van der Waals surface area contributed by atoms with Crippen LogP contribution in [0.5, 0.6) is 0 Å². The Morgan fingerprint density at radius 3 is 2.08 bits per heavy atom. The van der Waals surface area contributed by atoms with Gasteiger partial charge in [-0.15, -0.1) is 10.2 Å². The average molecular weight is 559 g/mol. The van der Waals surface area contributed by atoms with Crippen LogP contribution in [0.1, 0.15) is 36.0 Å². The van der Waals surface area contributed by atoms with Gasteiger partial charge < -0.3 is 20.3 Å². The molecule has 0 saturated carbocycles. The maximum atomic E-state index is 13.6. The number of carbonyl (C=O) groups is 2. The van der Waals surface area contributed by atoms with E-state index in [2.05, 4.69) is 10.2 Å². The minimum absolute atomic E-state index is 0.0303. The highest BCUT2D eigenvalue weighted by atomic mass is 19.4. The van der Waals surface area contributed by atoms with E-state index >= 15 is 0 Å². The van der Waals surface area contributed by atoms with Gasteiger partial charge in [-0.1, -0.05) is 6.08 Å². The molecule has 2 atom stereocenters. The third kappa shape index (κ3) is 6.25. The summed E-state index contributed by atoms with van der Waals surface area (Å²) in [6.45, 7) is -0.192. The maximum Gasteiger partial charge on any atom is 0.490 e. The highest BCUT2D eigenvalue weighted by Gasteiger charge is 2.40. The van der Waals surface area contributed by atoms with E-state index in [-0.39, 0.29) is 43.9 Å². The first kappa shape index (κ1) is 28.9. The standard InChI is InChI=1S/C19H17F6N5O.C2HF3O2/c20-12-5-10(6-13(21)16(12)22)11-2-1-9(7-14(11)26)17(31)29-3-4-30-15(8-29)27-28-18(30)19(23,24)25;3-2(4,5)1(6)7/h1,5-6,11,14H,2-4,7-8,26H2;(H,6,7)/t11-,14+;/m1./s1. The lowest BCUT2D eigenvalue weighted by atomic mass is 9.80. The molecule has 1 aliphatic carbocycles. The fourth-order valence-corrected chi connectivity index (χ4v) is 4.01. The summed E-state index contributed by atoms with van der Waals surface area (Å²) in [5.74, 6) is -8.93. The molecule has 2 aromatic rings. The highest BCUT2D eigenvalue weighted by molar-refractivity contribution is 5.93. The van der Waals surface area contributed by atoms with E-state index in [1.807, 2.05) is 0 Å². The van der Waals surface area contributed by atoms with Gasteiger partial charge in [0.1, 0.15) is 0 Å². The fourth-order valence-electron chi connectivity index (χ4n) is 4.01. The predicted molar refractivity (Wildman–Crippen MR) is 108 cm³/mol.